The minimum atomic E-state index is -0.573. The van der Waals surface area contributed by atoms with Gasteiger partial charge in [-0.3, -0.25) is 14.9 Å². The maximum Gasteiger partial charge on any atom is 0.270 e. The van der Waals surface area contributed by atoms with Gasteiger partial charge >= 0.3 is 0 Å². The number of non-ortho nitro benzene ring substituents is 1. The summed E-state index contributed by atoms with van der Waals surface area (Å²) in [5.74, 6) is -0.474. The number of halogens is 2. The fourth-order valence-electron chi connectivity index (χ4n) is 2.29. The summed E-state index contributed by atoms with van der Waals surface area (Å²) >= 11 is 6.05. The van der Waals surface area contributed by atoms with Crippen molar-refractivity contribution in [3.8, 4) is 11.1 Å². The molecular formula is C17H14ClFN2O3. The van der Waals surface area contributed by atoms with Crippen molar-refractivity contribution < 1.29 is 9.31 Å². The van der Waals surface area contributed by atoms with Gasteiger partial charge in [0.1, 0.15) is 5.82 Å². The van der Waals surface area contributed by atoms with Gasteiger partial charge in [0.2, 0.25) is 0 Å². The molecule has 0 saturated carbocycles. The quantitative estimate of drug-likeness (QED) is 0.527. The molecule has 7 heteroatoms. The van der Waals surface area contributed by atoms with E-state index in [1.807, 2.05) is 13.8 Å². The van der Waals surface area contributed by atoms with Gasteiger partial charge in [0.25, 0.3) is 11.2 Å². The van der Waals surface area contributed by atoms with E-state index >= 15 is 0 Å². The number of fused-ring (bicyclic) bond motifs is 1. The normalized spacial score (nSPS) is 10.2. The third-order valence-electron chi connectivity index (χ3n) is 3.32. The molecule has 0 atom stereocenters. The van der Waals surface area contributed by atoms with Crippen LogP contribution in [0, 0.1) is 15.9 Å². The van der Waals surface area contributed by atoms with Crippen LogP contribution in [0.3, 0.4) is 0 Å². The topological polar surface area (TPSA) is 76.0 Å². The maximum absolute atomic E-state index is 13.2. The first-order chi connectivity index (χ1) is 11.5. The molecule has 124 valence electrons. The molecule has 1 heterocycles. The number of H-pyrrole nitrogens is 1. The van der Waals surface area contributed by atoms with Gasteiger partial charge in [-0.15, -0.1) is 0 Å². The SMILES string of the molecule is CC.O=c1[nH]cc(-c2ccc(F)cc2Cl)c2ccc([N+](=O)[O-])cc12. The van der Waals surface area contributed by atoms with E-state index in [-0.39, 0.29) is 16.1 Å². The Morgan fingerprint density at radius 3 is 2.42 bits per heavy atom. The number of nitro groups is 1. The van der Waals surface area contributed by atoms with Crippen LogP contribution in [0.2, 0.25) is 5.02 Å². The molecule has 5 nitrogen and oxygen atoms in total. The highest BCUT2D eigenvalue weighted by atomic mass is 35.5. The lowest BCUT2D eigenvalue weighted by atomic mass is 10.0. The van der Waals surface area contributed by atoms with E-state index in [0.29, 0.717) is 16.5 Å². The molecule has 3 aromatic rings. The number of aromatic amines is 1. The molecule has 0 aliphatic rings. The Kier molecular flexibility index (Phi) is 5.31. The second kappa shape index (κ2) is 7.23. The molecule has 1 N–H and O–H groups in total. The smallest absolute Gasteiger partial charge is 0.270 e. The number of nitrogens with one attached hydrogen (secondary N) is 1. The van der Waals surface area contributed by atoms with Crippen molar-refractivity contribution in [2.75, 3.05) is 0 Å². The van der Waals surface area contributed by atoms with Crippen LogP contribution in [0.5, 0.6) is 0 Å². The molecule has 24 heavy (non-hydrogen) atoms. The standard InChI is InChI=1S/C15H8ClFN2O3.C2H6/c16-14-5-8(17)1-3-11(14)13-7-18-15(20)12-6-9(19(21)22)2-4-10(12)13;1-2/h1-7H,(H,18,20);1-2H3. The highest BCUT2D eigenvalue weighted by molar-refractivity contribution is 6.33. The summed E-state index contributed by atoms with van der Waals surface area (Å²) in [6.07, 6.45) is 1.45. The molecule has 2 aromatic carbocycles. The van der Waals surface area contributed by atoms with Gasteiger partial charge in [-0.25, -0.2) is 4.39 Å². The van der Waals surface area contributed by atoms with E-state index < -0.39 is 16.3 Å². The minimum absolute atomic E-state index is 0.173. The zero-order valence-corrected chi connectivity index (χ0v) is 13.7. The fraction of sp³-hybridized carbons (Fsp3) is 0.118. The van der Waals surface area contributed by atoms with Crippen LogP contribution in [0.15, 0.2) is 47.4 Å². The molecule has 0 spiro atoms. The van der Waals surface area contributed by atoms with Crippen LogP contribution in [0.4, 0.5) is 10.1 Å². The Bertz CT molecular complexity index is 970. The average molecular weight is 349 g/mol. The Hall–Kier alpha value is -2.73. The molecule has 1 aromatic heterocycles. The van der Waals surface area contributed by atoms with Crippen LogP contribution in [-0.2, 0) is 0 Å². The molecule has 0 saturated heterocycles. The van der Waals surface area contributed by atoms with Gasteiger partial charge in [-0.2, -0.15) is 0 Å². The molecule has 0 fully saturated rings. The molecule has 3 rings (SSSR count). The first-order valence-corrected chi connectivity index (χ1v) is 7.60. The molecule has 0 unspecified atom stereocenters. The van der Waals surface area contributed by atoms with Crippen molar-refractivity contribution in [3.63, 3.8) is 0 Å². The third-order valence-corrected chi connectivity index (χ3v) is 3.63. The number of pyridine rings is 1. The maximum atomic E-state index is 13.2. The van der Waals surface area contributed by atoms with Gasteiger partial charge in [0.05, 0.1) is 15.3 Å². The number of rotatable bonds is 2. The van der Waals surface area contributed by atoms with E-state index in [2.05, 4.69) is 4.98 Å². The van der Waals surface area contributed by atoms with Gasteiger partial charge < -0.3 is 4.98 Å². The molecule has 0 radical (unpaired) electrons. The zero-order valence-electron chi connectivity index (χ0n) is 13.0. The van der Waals surface area contributed by atoms with Crippen molar-refractivity contribution in [3.05, 3.63) is 73.9 Å². The van der Waals surface area contributed by atoms with Crippen molar-refractivity contribution in [1.82, 2.24) is 4.98 Å². The average Bonchev–Trinajstić information content (AvgIpc) is 2.57. The molecule has 0 amide bonds. The van der Waals surface area contributed by atoms with Gasteiger partial charge in [0.15, 0.2) is 0 Å². The van der Waals surface area contributed by atoms with E-state index in [1.165, 1.54) is 42.6 Å². The Balaban J connectivity index is 0.00000100. The lowest BCUT2D eigenvalue weighted by molar-refractivity contribution is -0.384. The van der Waals surface area contributed by atoms with Crippen molar-refractivity contribution in [2.24, 2.45) is 0 Å². The largest absolute Gasteiger partial charge is 0.328 e. The third kappa shape index (κ3) is 3.28. The minimum Gasteiger partial charge on any atom is -0.328 e. The highest BCUT2D eigenvalue weighted by Gasteiger charge is 2.14. The van der Waals surface area contributed by atoms with E-state index in [4.69, 9.17) is 11.6 Å². The summed E-state index contributed by atoms with van der Waals surface area (Å²) < 4.78 is 13.2. The van der Waals surface area contributed by atoms with Crippen LogP contribution < -0.4 is 5.56 Å². The lowest BCUT2D eigenvalue weighted by Gasteiger charge is -2.08. The number of aromatic nitrogens is 1. The Morgan fingerprint density at radius 2 is 1.79 bits per heavy atom. The van der Waals surface area contributed by atoms with Crippen molar-refractivity contribution >= 4 is 28.1 Å². The number of benzene rings is 2. The molecule has 0 aliphatic heterocycles. The van der Waals surface area contributed by atoms with Crippen molar-refractivity contribution in [2.45, 2.75) is 13.8 Å². The fourth-order valence-corrected chi connectivity index (χ4v) is 2.56. The Morgan fingerprint density at radius 1 is 1.08 bits per heavy atom. The van der Waals surface area contributed by atoms with Gasteiger partial charge in [0, 0.05) is 29.5 Å². The predicted octanol–water partition coefficient (Wildman–Crippen LogP) is 4.92. The first-order valence-electron chi connectivity index (χ1n) is 7.22. The number of hydrogen-bond donors (Lipinski definition) is 1. The number of hydrogen-bond acceptors (Lipinski definition) is 3. The lowest BCUT2D eigenvalue weighted by Crippen LogP contribution is -2.06. The number of nitrogens with zero attached hydrogens (tertiary/aromatic N) is 1. The van der Waals surface area contributed by atoms with E-state index in [1.54, 1.807) is 0 Å². The number of nitro benzene ring substituents is 1. The van der Waals surface area contributed by atoms with Crippen molar-refractivity contribution in [1.29, 1.82) is 0 Å². The second-order valence-electron chi connectivity index (χ2n) is 4.64. The van der Waals surface area contributed by atoms with Crippen LogP contribution in [0.1, 0.15) is 13.8 Å². The van der Waals surface area contributed by atoms with Gasteiger partial charge in [-0.05, 0) is 29.7 Å². The summed E-state index contributed by atoms with van der Waals surface area (Å²) in [6.45, 7) is 4.00. The molecular weight excluding hydrogens is 335 g/mol. The summed E-state index contributed by atoms with van der Waals surface area (Å²) in [4.78, 5) is 24.7. The first kappa shape index (κ1) is 17.6. The predicted molar refractivity (Wildman–Crippen MR) is 93.0 cm³/mol. The van der Waals surface area contributed by atoms with Crippen LogP contribution >= 0.6 is 11.6 Å². The summed E-state index contributed by atoms with van der Waals surface area (Å²) in [6, 6.07) is 7.91. The Labute approximate surface area is 141 Å². The molecule has 0 aliphatic carbocycles. The monoisotopic (exact) mass is 348 g/mol. The summed E-state index contributed by atoms with van der Waals surface area (Å²) in [5, 5.41) is 11.7. The second-order valence-corrected chi connectivity index (χ2v) is 5.05. The van der Waals surface area contributed by atoms with Crippen LogP contribution in [0.25, 0.3) is 21.9 Å². The zero-order chi connectivity index (χ0) is 17.9. The summed E-state index contributed by atoms with van der Waals surface area (Å²) in [5.41, 5.74) is 0.466. The highest BCUT2D eigenvalue weighted by Crippen LogP contribution is 2.33. The van der Waals surface area contributed by atoms with Gasteiger partial charge in [-0.1, -0.05) is 25.4 Å². The van der Waals surface area contributed by atoms with E-state index in [0.717, 1.165) is 0 Å². The van der Waals surface area contributed by atoms with E-state index in [9.17, 15) is 19.3 Å². The summed E-state index contributed by atoms with van der Waals surface area (Å²) in [7, 11) is 0. The molecule has 0 bridgehead atoms. The van der Waals surface area contributed by atoms with Crippen LogP contribution in [-0.4, -0.2) is 9.91 Å².